The van der Waals surface area contributed by atoms with Crippen molar-refractivity contribution in [3.63, 3.8) is 0 Å². The fourth-order valence-corrected chi connectivity index (χ4v) is 1.95. The molecule has 16 heavy (non-hydrogen) atoms. The van der Waals surface area contributed by atoms with Crippen LogP contribution in [0.3, 0.4) is 0 Å². The van der Waals surface area contributed by atoms with E-state index < -0.39 is 5.97 Å². The molecule has 0 radical (unpaired) electrons. The Balaban J connectivity index is 2.46. The molecular weight excluding hydrogens is 204 g/mol. The highest BCUT2D eigenvalue weighted by molar-refractivity contribution is 5.91. The summed E-state index contributed by atoms with van der Waals surface area (Å²) in [5.74, 6) is -0.881. The van der Waals surface area contributed by atoms with Gasteiger partial charge in [0.25, 0.3) is 0 Å². The third-order valence-corrected chi connectivity index (χ3v) is 3.16. The van der Waals surface area contributed by atoms with Crippen molar-refractivity contribution in [3.8, 4) is 0 Å². The van der Waals surface area contributed by atoms with Gasteiger partial charge in [0.15, 0.2) is 0 Å². The number of nitrogens with zero attached hydrogens (tertiary/aromatic N) is 1. The van der Waals surface area contributed by atoms with Crippen LogP contribution in [-0.2, 0) is 0 Å². The highest BCUT2D eigenvalue weighted by atomic mass is 16.4. The summed E-state index contributed by atoms with van der Waals surface area (Å²) < 4.78 is 0. The summed E-state index contributed by atoms with van der Waals surface area (Å²) in [5, 5.41) is 12.3. The standard InChI is InChI=1S/C12H16N2O2/c1-8-5-6-13-10-4-3-9(12(15)16)7-11(10)14(8)2/h3-4,7-8,13H,5-6H2,1-2H3,(H,15,16). The van der Waals surface area contributed by atoms with Crippen LogP contribution in [0.1, 0.15) is 23.7 Å². The second kappa shape index (κ2) is 4.04. The second-order valence-corrected chi connectivity index (χ2v) is 4.21. The third kappa shape index (κ3) is 1.83. The van der Waals surface area contributed by atoms with Crippen molar-refractivity contribution in [1.82, 2.24) is 0 Å². The molecule has 0 aliphatic carbocycles. The van der Waals surface area contributed by atoms with Gasteiger partial charge in [-0.2, -0.15) is 0 Å². The number of hydrogen-bond donors (Lipinski definition) is 2. The van der Waals surface area contributed by atoms with Crippen molar-refractivity contribution in [2.24, 2.45) is 0 Å². The Kier molecular flexibility index (Phi) is 2.73. The van der Waals surface area contributed by atoms with Gasteiger partial charge >= 0.3 is 5.97 Å². The van der Waals surface area contributed by atoms with E-state index >= 15 is 0 Å². The molecule has 1 atom stereocenters. The maximum absolute atomic E-state index is 10.9. The summed E-state index contributed by atoms with van der Waals surface area (Å²) in [4.78, 5) is 13.0. The molecule has 0 bridgehead atoms. The van der Waals surface area contributed by atoms with Gasteiger partial charge in [0.2, 0.25) is 0 Å². The number of carbonyl (C=O) groups is 1. The Hall–Kier alpha value is -1.71. The van der Waals surface area contributed by atoms with Gasteiger partial charge in [0, 0.05) is 19.6 Å². The molecule has 2 N–H and O–H groups in total. The van der Waals surface area contributed by atoms with Crippen molar-refractivity contribution in [2.45, 2.75) is 19.4 Å². The maximum atomic E-state index is 10.9. The van der Waals surface area contributed by atoms with Crippen molar-refractivity contribution in [1.29, 1.82) is 0 Å². The van der Waals surface area contributed by atoms with E-state index in [1.54, 1.807) is 12.1 Å². The van der Waals surface area contributed by atoms with Crippen molar-refractivity contribution < 1.29 is 9.90 Å². The topological polar surface area (TPSA) is 52.6 Å². The summed E-state index contributed by atoms with van der Waals surface area (Å²) in [6.07, 6.45) is 1.05. The van der Waals surface area contributed by atoms with Crippen LogP contribution < -0.4 is 10.2 Å². The zero-order valence-electron chi connectivity index (χ0n) is 9.53. The lowest BCUT2D eigenvalue weighted by molar-refractivity contribution is 0.0697. The zero-order chi connectivity index (χ0) is 11.7. The van der Waals surface area contributed by atoms with Crippen LogP contribution in [0.2, 0.25) is 0 Å². The predicted molar refractivity (Wildman–Crippen MR) is 64.4 cm³/mol. The average molecular weight is 220 g/mol. The molecule has 1 aliphatic heterocycles. The van der Waals surface area contributed by atoms with Crippen LogP contribution in [0.15, 0.2) is 18.2 Å². The Bertz CT molecular complexity index is 417. The summed E-state index contributed by atoms with van der Waals surface area (Å²) in [6, 6.07) is 5.62. The van der Waals surface area contributed by atoms with Crippen molar-refractivity contribution >= 4 is 17.3 Å². The SMILES string of the molecule is CC1CCNc2ccc(C(=O)O)cc2N1C. The minimum absolute atomic E-state index is 0.335. The number of rotatable bonds is 1. The van der Waals surface area contributed by atoms with Gasteiger partial charge in [-0.3, -0.25) is 0 Å². The lowest BCUT2D eigenvalue weighted by atomic mass is 10.1. The molecule has 0 spiro atoms. The molecule has 0 saturated heterocycles. The Morgan fingerprint density at radius 3 is 3.00 bits per heavy atom. The van der Waals surface area contributed by atoms with Crippen molar-refractivity contribution in [2.75, 3.05) is 23.8 Å². The Morgan fingerprint density at radius 1 is 1.56 bits per heavy atom. The van der Waals surface area contributed by atoms with Crippen LogP contribution in [-0.4, -0.2) is 30.7 Å². The van der Waals surface area contributed by atoms with Crippen LogP contribution in [0.25, 0.3) is 0 Å². The molecule has 2 rings (SSSR count). The summed E-state index contributed by atoms with van der Waals surface area (Å²) in [5.41, 5.74) is 2.31. The van der Waals surface area contributed by atoms with Crippen LogP contribution in [0.4, 0.5) is 11.4 Å². The third-order valence-electron chi connectivity index (χ3n) is 3.16. The first-order valence-electron chi connectivity index (χ1n) is 5.43. The molecule has 4 nitrogen and oxygen atoms in total. The van der Waals surface area contributed by atoms with E-state index in [9.17, 15) is 4.79 Å². The van der Waals surface area contributed by atoms with E-state index in [1.165, 1.54) is 0 Å². The maximum Gasteiger partial charge on any atom is 0.335 e. The largest absolute Gasteiger partial charge is 0.478 e. The predicted octanol–water partition coefficient (Wildman–Crippen LogP) is 2.03. The van der Waals surface area contributed by atoms with Gasteiger partial charge in [-0.05, 0) is 31.5 Å². The minimum Gasteiger partial charge on any atom is -0.478 e. The summed E-state index contributed by atoms with van der Waals surface area (Å²) in [7, 11) is 2.00. The van der Waals surface area contributed by atoms with Gasteiger partial charge in [-0.1, -0.05) is 0 Å². The number of benzene rings is 1. The highest BCUT2D eigenvalue weighted by Gasteiger charge is 2.18. The molecule has 1 unspecified atom stereocenters. The van der Waals surface area contributed by atoms with Crippen LogP contribution in [0.5, 0.6) is 0 Å². The smallest absolute Gasteiger partial charge is 0.335 e. The number of nitrogens with one attached hydrogen (secondary N) is 1. The van der Waals surface area contributed by atoms with Gasteiger partial charge < -0.3 is 15.3 Å². The second-order valence-electron chi connectivity index (χ2n) is 4.21. The first-order valence-corrected chi connectivity index (χ1v) is 5.43. The molecule has 1 aliphatic rings. The Morgan fingerprint density at radius 2 is 2.31 bits per heavy atom. The highest BCUT2D eigenvalue weighted by Crippen LogP contribution is 2.30. The molecule has 0 amide bonds. The number of carboxylic acid groups (broad SMARTS) is 1. The lowest BCUT2D eigenvalue weighted by Crippen LogP contribution is -2.28. The number of anilines is 2. The van der Waals surface area contributed by atoms with E-state index in [0.29, 0.717) is 11.6 Å². The first-order chi connectivity index (χ1) is 7.59. The number of hydrogen-bond acceptors (Lipinski definition) is 3. The molecule has 86 valence electrons. The molecule has 4 heteroatoms. The fraction of sp³-hybridized carbons (Fsp3) is 0.417. The number of aromatic carboxylic acids is 1. The lowest BCUT2D eigenvalue weighted by Gasteiger charge is -2.25. The van der Waals surface area contributed by atoms with Gasteiger partial charge in [-0.25, -0.2) is 4.79 Å². The van der Waals surface area contributed by atoms with Gasteiger partial charge in [0.1, 0.15) is 0 Å². The first kappa shape index (κ1) is 10.8. The van der Waals surface area contributed by atoms with E-state index in [2.05, 4.69) is 17.1 Å². The quantitative estimate of drug-likeness (QED) is 0.760. The summed E-state index contributed by atoms with van der Waals surface area (Å²) >= 11 is 0. The van der Waals surface area contributed by atoms with Gasteiger partial charge in [-0.15, -0.1) is 0 Å². The summed E-state index contributed by atoms with van der Waals surface area (Å²) in [6.45, 7) is 3.06. The van der Waals surface area contributed by atoms with Gasteiger partial charge in [0.05, 0.1) is 16.9 Å². The normalized spacial score (nSPS) is 19.6. The van der Waals surface area contributed by atoms with E-state index in [0.717, 1.165) is 24.3 Å². The molecule has 1 heterocycles. The molecule has 0 fully saturated rings. The van der Waals surface area contributed by atoms with Crippen LogP contribution >= 0.6 is 0 Å². The van der Waals surface area contributed by atoms with E-state index in [-0.39, 0.29) is 0 Å². The molecule has 1 aromatic carbocycles. The average Bonchev–Trinajstić information content (AvgIpc) is 2.40. The minimum atomic E-state index is -0.881. The monoisotopic (exact) mass is 220 g/mol. The molecule has 0 saturated carbocycles. The fourth-order valence-electron chi connectivity index (χ4n) is 1.95. The van der Waals surface area contributed by atoms with Crippen molar-refractivity contribution in [3.05, 3.63) is 23.8 Å². The molecular formula is C12H16N2O2. The molecule has 1 aromatic rings. The Labute approximate surface area is 94.9 Å². The molecule has 0 aromatic heterocycles. The number of carboxylic acids is 1. The van der Waals surface area contributed by atoms with E-state index in [1.807, 2.05) is 13.1 Å². The van der Waals surface area contributed by atoms with Crippen LogP contribution in [0, 0.1) is 0 Å². The number of fused-ring (bicyclic) bond motifs is 1. The van der Waals surface area contributed by atoms with E-state index in [4.69, 9.17) is 5.11 Å². The zero-order valence-corrected chi connectivity index (χ0v) is 9.53.